The molecule has 0 aliphatic heterocycles. The van der Waals surface area contributed by atoms with Gasteiger partial charge in [0.2, 0.25) is 0 Å². The minimum atomic E-state index is -0.377. The van der Waals surface area contributed by atoms with Gasteiger partial charge in [0.25, 0.3) is 0 Å². The zero-order chi connectivity index (χ0) is 12.1. The first kappa shape index (κ1) is 12.0. The molecule has 2 aromatic rings. The Morgan fingerprint density at radius 2 is 1.94 bits per heavy atom. The Morgan fingerprint density at radius 1 is 1.18 bits per heavy atom. The maximum atomic E-state index is 13.6. The molecule has 3 nitrogen and oxygen atoms in total. The van der Waals surface area contributed by atoms with Gasteiger partial charge in [0.05, 0.1) is 0 Å². The van der Waals surface area contributed by atoms with Crippen molar-refractivity contribution >= 4 is 15.9 Å². The summed E-state index contributed by atoms with van der Waals surface area (Å²) in [6, 6.07) is 6.54. The van der Waals surface area contributed by atoms with Gasteiger partial charge in [-0.1, -0.05) is 28.1 Å². The fraction of sp³-hybridized carbons (Fsp3) is 0.167. The molecule has 0 bridgehead atoms. The molecule has 0 N–H and O–H groups in total. The number of nitrogens with zero attached hydrogens (tertiary/aromatic N) is 2. The molecule has 0 radical (unpaired) electrons. The molecule has 17 heavy (non-hydrogen) atoms. The number of halogens is 2. The molecule has 0 saturated carbocycles. The summed E-state index contributed by atoms with van der Waals surface area (Å²) in [5.41, 5.74) is 0.765. The van der Waals surface area contributed by atoms with Gasteiger partial charge in [0.1, 0.15) is 6.61 Å². The van der Waals surface area contributed by atoms with Gasteiger partial charge in [-0.25, -0.2) is 14.4 Å². The van der Waals surface area contributed by atoms with Gasteiger partial charge in [0.15, 0.2) is 17.4 Å². The van der Waals surface area contributed by atoms with Crippen LogP contribution in [0.25, 0.3) is 0 Å². The zero-order valence-electron chi connectivity index (χ0n) is 8.94. The van der Waals surface area contributed by atoms with Crippen molar-refractivity contribution in [2.75, 3.05) is 0 Å². The lowest BCUT2D eigenvalue weighted by Crippen LogP contribution is -2.03. The molecule has 1 aromatic carbocycles. The molecular formula is C12H10BrFN2O. The van der Waals surface area contributed by atoms with E-state index in [-0.39, 0.29) is 18.2 Å². The average molecular weight is 297 g/mol. The van der Waals surface area contributed by atoms with Crippen LogP contribution in [0.3, 0.4) is 0 Å². The van der Waals surface area contributed by atoms with E-state index in [0.29, 0.717) is 11.2 Å². The Kier molecular flexibility index (Phi) is 4.03. The highest BCUT2D eigenvalue weighted by Crippen LogP contribution is 2.25. The van der Waals surface area contributed by atoms with E-state index in [1.807, 2.05) is 0 Å². The number of ether oxygens (including phenoxy) is 1. The van der Waals surface area contributed by atoms with Crippen LogP contribution in [0.5, 0.6) is 5.75 Å². The van der Waals surface area contributed by atoms with Gasteiger partial charge in [-0.05, 0) is 12.1 Å². The minimum absolute atomic E-state index is 0.155. The standard InChI is InChI=1S/C12H10BrFN2O/c13-7-9-3-1-4-10(14)12(9)17-8-11-15-5-2-6-16-11/h1-6H,7-8H2. The van der Waals surface area contributed by atoms with Gasteiger partial charge in [-0.3, -0.25) is 0 Å². The lowest BCUT2D eigenvalue weighted by atomic mass is 10.2. The van der Waals surface area contributed by atoms with E-state index >= 15 is 0 Å². The van der Waals surface area contributed by atoms with Crippen LogP contribution in [0.15, 0.2) is 36.7 Å². The number of aromatic nitrogens is 2. The molecule has 0 saturated heterocycles. The van der Waals surface area contributed by atoms with Gasteiger partial charge in [-0.2, -0.15) is 0 Å². The SMILES string of the molecule is Fc1cccc(CBr)c1OCc1ncccn1. The quantitative estimate of drug-likeness (QED) is 0.813. The monoisotopic (exact) mass is 296 g/mol. The molecule has 0 aliphatic rings. The van der Waals surface area contributed by atoms with E-state index in [9.17, 15) is 4.39 Å². The Balaban J connectivity index is 2.14. The molecule has 88 valence electrons. The fourth-order valence-corrected chi connectivity index (χ4v) is 1.80. The Bertz CT molecular complexity index is 493. The predicted molar refractivity (Wildman–Crippen MR) is 65.4 cm³/mol. The second-order valence-electron chi connectivity index (χ2n) is 3.32. The van der Waals surface area contributed by atoms with Crippen molar-refractivity contribution in [3.05, 3.63) is 53.9 Å². The molecule has 0 atom stereocenters. The molecule has 0 aliphatic carbocycles. The minimum Gasteiger partial charge on any atom is -0.482 e. The molecule has 5 heteroatoms. The summed E-state index contributed by atoms with van der Waals surface area (Å²) in [6.07, 6.45) is 3.25. The van der Waals surface area contributed by atoms with E-state index in [2.05, 4.69) is 25.9 Å². The van der Waals surface area contributed by atoms with Crippen molar-refractivity contribution in [2.45, 2.75) is 11.9 Å². The first-order chi connectivity index (χ1) is 8.31. The number of hydrogen-bond donors (Lipinski definition) is 0. The van der Waals surface area contributed by atoms with Crippen LogP contribution in [-0.4, -0.2) is 9.97 Å². The summed E-state index contributed by atoms with van der Waals surface area (Å²) in [5, 5.41) is 0.537. The second kappa shape index (κ2) is 5.72. The lowest BCUT2D eigenvalue weighted by Gasteiger charge is -2.09. The summed E-state index contributed by atoms with van der Waals surface area (Å²) in [7, 11) is 0. The molecule has 0 unspecified atom stereocenters. The van der Waals surface area contributed by atoms with E-state index in [1.165, 1.54) is 6.07 Å². The molecule has 0 fully saturated rings. The van der Waals surface area contributed by atoms with Gasteiger partial charge in [0, 0.05) is 23.3 Å². The van der Waals surface area contributed by atoms with Crippen LogP contribution < -0.4 is 4.74 Å². The van der Waals surface area contributed by atoms with Crippen LogP contribution in [-0.2, 0) is 11.9 Å². The largest absolute Gasteiger partial charge is 0.482 e. The number of para-hydroxylation sites is 1. The number of alkyl halides is 1. The normalized spacial score (nSPS) is 10.2. The number of rotatable bonds is 4. The Morgan fingerprint density at radius 3 is 2.65 bits per heavy atom. The van der Waals surface area contributed by atoms with Gasteiger partial charge in [-0.15, -0.1) is 0 Å². The van der Waals surface area contributed by atoms with E-state index in [4.69, 9.17) is 4.74 Å². The van der Waals surface area contributed by atoms with Gasteiger partial charge >= 0.3 is 0 Å². The smallest absolute Gasteiger partial charge is 0.166 e. The first-order valence-corrected chi connectivity index (χ1v) is 6.15. The molecule has 0 amide bonds. The highest BCUT2D eigenvalue weighted by atomic mass is 79.9. The lowest BCUT2D eigenvalue weighted by molar-refractivity contribution is 0.278. The van der Waals surface area contributed by atoms with Crippen molar-refractivity contribution in [2.24, 2.45) is 0 Å². The molecule has 2 rings (SSSR count). The molecular weight excluding hydrogens is 287 g/mol. The third-order valence-electron chi connectivity index (χ3n) is 2.16. The van der Waals surface area contributed by atoms with Crippen LogP contribution in [0.1, 0.15) is 11.4 Å². The molecule has 1 aromatic heterocycles. The maximum Gasteiger partial charge on any atom is 0.166 e. The molecule has 1 heterocycles. The van der Waals surface area contributed by atoms with Crippen molar-refractivity contribution in [1.29, 1.82) is 0 Å². The van der Waals surface area contributed by atoms with Crippen molar-refractivity contribution in [1.82, 2.24) is 9.97 Å². The predicted octanol–water partition coefficient (Wildman–Crippen LogP) is 3.09. The van der Waals surface area contributed by atoms with Gasteiger partial charge < -0.3 is 4.74 Å². The van der Waals surface area contributed by atoms with Crippen molar-refractivity contribution in [3.8, 4) is 5.75 Å². The third kappa shape index (κ3) is 3.00. The Hall–Kier alpha value is -1.49. The van der Waals surface area contributed by atoms with E-state index in [1.54, 1.807) is 30.6 Å². The Labute approximate surface area is 107 Å². The fourth-order valence-electron chi connectivity index (χ4n) is 1.36. The highest BCUT2D eigenvalue weighted by Gasteiger charge is 2.09. The summed E-state index contributed by atoms with van der Waals surface area (Å²) in [4.78, 5) is 8.02. The summed E-state index contributed by atoms with van der Waals surface area (Å²) >= 11 is 3.29. The summed E-state index contributed by atoms with van der Waals surface area (Å²) in [5.74, 6) is 0.394. The average Bonchev–Trinajstić information content (AvgIpc) is 2.38. The number of benzene rings is 1. The highest BCUT2D eigenvalue weighted by molar-refractivity contribution is 9.08. The van der Waals surface area contributed by atoms with Crippen LogP contribution in [0.2, 0.25) is 0 Å². The van der Waals surface area contributed by atoms with Crippen molar-refractivity contribution < 1.29 is 9.13 Å². The van der Waals surface area contributed by atoms with Crippen LogP contribution >= 0.6 is 15.9 Å². The van der Waals surface area contributed by atoms with Crippen LogP contribution in [0, 0.1) is 5.82 Å². The zero-order valence-corrected chi connectivity index (χ0v) is 10.5. The van der Waals surface area contributed by atoms with E-state index < -0.39 is 0 Å². The first-order valence-electron chi connectivity index (χ1n) is 5.03. The van der Waals surface area contributed by atoms with Crippen LogP contribution in [0.4, 0.5) is 4.39 Å². The third-order valence-corrected chi connectivity index (χ3v) is 2.76. The summed E-state index contributed by atoms with van der Waals surface area (Å²) in [6.45, 7) is 0.155. The van der Waals surface area contributed by atoms with Crippen molar-refractivity contribution in [3.63, 3.8) is 0 Å². The number of hydrogen-bond acceptors (Lipinski definition) is 3. The maximum absolute atomic E-state index is 13.6. The topological polar surface area (TPSA) is 35.0 Å². The summed E-state index contributed by atoms with van der Waals surface area (Å²) < 4.78 is 19.0. The van der Waals surface area contributed by atoms with E-state index in [0.717, 1.165) is 5.56 Å². The molecule has 0 spiro atoms. The second-order valence-corrected chi connectivity index (χ2v) is 3.88.